The monoisotopic (exact) mass is 790 g/mol. The van der Waals surface area contributed by atoms with Crippen LogP contribution < -0.4 is 0 Å². The average molecular weight is 791 g/mol. The highest BCUT2D eigenvalue weighted by molar-refractivity contribution is 6.05. The zero-order valence-electron chi connectivity index (χ0n) is 34.7. The SMILES string of the molecule is CC1(C)c2ccccc2-c2cccc(-c3cc(-c4ccc(-c5ccc6c(c5)-c5ccccc5C6(c5ccccc5)c5ccccc5)c5ccccc45)nc(-c4ccccc4)n3)c21. The molecule has 1 heterocycles. The summed E-state index contributed by atoms with van der Waals surface area (Å²) in [6.45, 7) is 4.68. The Morgan fingerprint density at radius 1 is 0.323 bits per heavy atom. The van der Waals surface area contributed by atoms with Crippen LogP contribution in [0.25, 0.3) is 78.1 Å². The van der Waals surface area contributed by atoms with Gasteiger partial charge in [0, 0.05) is 22.1 Å². The largest absolute Gasteiger partial charge is 0.228 e. The maximum Gasteiger partial charge on any atom is 0.160 e. The lowest BCUT2D eigenvalue weighted by molar-refractivity contribution is 0.662. The lowest BCUT2D eigenvalue weighted by Crippen LogP contribution is -2.28. The van der Waals surface area contributed by atoms with E-state index in [1.807, 2.05) is 6.07 Å². The van der Waals surface area contributed by atoms with Crippen LogP contribution in [0.5, 0.6) is 0 Å². The van der Waals surface area contributed by atoms with E-state index in [0.29, 0.717) is 0 Å². The standard InChI is InChI=1S/C60H42N2/c1-59(2)52-31-16-14-27-46(52)49-29-18-30-50(57(49)59)56-38-55(61-58(62-56)39-19-6-3-7-20-39)48-35-34-43(44-25-12-13-26-45(44)48)40-33-36-54-51(37-40)47-28-15-17-32-53(47)60(54,41-21-8-4-9-22-41)42-23-10-5-11-24-42/h3-38H,1-2H3. The number of hydrogen-bond acceptors (Lipinski definition) is 2. The van der Waals surface area contributed by atoms with E-state index in [0.717, 1.165) is 39.3 Å². The van der Waals surface area contributed by atoms with Crippen LogP contribution in [0.3, 0.4) is 0 Å². The summed E-state index contributed by atoms with van der Waals surface area (Å²) in [6, 6.07) is 79.6. The Labute approximate surface area is 362 Å². The molecule has 9 aromatic carbocycles. The van der Waals surface area contributed by atoms with E-state index in [4.69, 9.17) is 9.97 Å². The molecule has 292 valence electrons. The molecule has 0 aliphatic heterocycles. The van der Waals surface area contributed by atoms with Gasteiger partial charge in [0.2, 0.25) is 0 Å². The molecule has 12 rings (SSSR count). The summed E-state index contributed by atoms with van der Waals surface area (Å²) < 4.78 is 0. The number of fused-ring (bicyclic) bond motifs is 7. The molecule has 0 fully saturated rings. The molecule has 2 heteroatoms. The van der Waals surface area contributed by atoms with Gasteiger partial charge < -0.3 is 0 Å². The number of benzene rings is 9. The summed E-state index contributed by atoms with van der Waals surface area (Å²) in [4.78, 5) is 10.7. The van der Waals surface area contributed by atoms with Gasteiger partial charge in [0.25, 0.3) is 0 Å². The Morgan fingerprint density at radius 2 is 0.823 bits per heavy atom. The lowest BCUT2D eigenvalue weighted by atomic mass is 9.67. The first-order valence-electron chi connectivity index (χ1n) is 21.6. The minimum absolute atomic E-state index is 0.187. The highest BCUT2D eigenvalue weighted by Gasteiger charge is 2.46. The molecule has 10 aromatic rings. The molecule has 0 N–H and O–H groups in total. The molecule has 0 saturated carbocycles. The van der Waals surface area contributed by atoms with Crippen LogP contribution in [-0.4, -0.2) is 9.97 Å². The van der Waals surface area contributed by atoms with E-state index in [2.05, 4.69) is 226 Å². The third-order valence-corrected chi connectivity index (χ3v) is 13.6. The van der Waals surface area contributed by atoms with Gasteiger partial charge >= 0.3 is 0 Å². The first kappa shape index (κ1) is 36.2. The third-order valence-electron chi connectivity index (χ3n) is 13.6. The average Bonchev–Trinajstić information content (AvgIpc) is 3.77. The second kappa shape index (κ2) is 13.9. The fourth-order valence-electron chi connectivity index (χ4n) is 10.9. The quantitative estimate of drug-likeness (QED) is 0.168. The number of hydrogen-bond donors (Lipinski definition) is 0. The van der Waals surface area contributed by atoms with Crippen molar-refractivity contribution >= 4 is 10.8 Å². The van der Waals surface area contributed by atoms with Crippen LogP contribution in [0.15, 0.2) is 218 Å². The fraction of sp³-hybridized carbons (Fsp3) is 0.0667. The maximum atomic E-state index is 5.36. The highest BCUT2D eigenvalue weighted by atomic mass is 14.9. The van der Waals surface area contributed by atoms with E-state index < -0.39 is 5.41 Å². The molecule has 0 radical (unpaired) electrons. The molecule has 2 aliphatic carbocycles. The second-order valence-corrected chi connectivity index (χ2v) is 17.2. The smallest absolute Gasteiger partial charge is 0.160 e. The topological polar surface area (TPSA) is 25.8 Å². The molecule has 0 bridgehead atoms. The zero-order chi connectivity index (χ0) is 41.4. The molecule has 0 unspecified atom stereocenters. The van der Waals surface area contributed by atoms with E-state index >= 15 is 0 Å². The molecule has 0 atom stereocenters. The van der Waals surface area contributed by atoms with Crippen molar-refractivity contribution in [2.75, 3.05) is 0 Å². The summed E-state index contributed by atoms with van der Waals surface area (Å²) in [5.41, 5.74) is 19.8. The van der Waals surface area contributed by atoms with Gasteiger partial charge in [-0.05, 0) is 89.7 Å². The molecule has 2 nitrogen and oxygen atoms in total. The summed E-state index contributed by atoms with van der Waals surface area (Å²) >= 11 is 0. The van der Waals surface area contributed by atoms with Crippen LogP contribution in [0.4, 0.5) is 0 Å². The Balaban J connectivity index is 1.04. The van der Waals surface area contributed by atoms with Gasteiger partial charge in [-0.15, -0.1) is 0 Å². The molecule has 1 aromatic heterocycles. The van der Waals surface area contributed by atoms with Gasteiger partial charge in [-0.2, -0.15) is 0 Å². The summed E-state index contributed by atoms with van der Waals surface area (Å²) in [7, 11) is 0. The molecular formula is C60H42N2. The van der Waals surface area contributed by atoms with E-state index in [9.17, 15) is 0 Å². The van der Waals surface area contributed by atoms with Gasteiger partial charge in [0.15, 0.2) is 5.82 Å². The number of aromatic nitrogens is 2. The molecule has 0 spiro atoms. The van der Waals surface area contributed by atoms with Gasteiger partial charge in [-0.3, -0.25) is 0 Å². The van der Waals surface area contributed by atoms with Crippen molar-refractivity contribution < 1.29 is 0 Å². The molecule has 2 aliphatic rings. The van der Waals surface area contributed by atoms with Crippen molar-refractivity contribution in [3.63, 3.8) is 0 Å². The van der Waals surface area contributed by atoms with Crippen molar-refractivity contribution in [3.8, 4) is 67.3 Å². The van der Waals surface area contributed by atoms with Crippen molar-refractivity contribution in [3.05, 3.63) is 252 Å². The van der Waals surface area contributed by atoms with E-state index in [1.165, 1.54) is 72.1 Å². The second-order valence-electron chi connectivity index (χ2n) is 17.2. The summed E-state index contributed by atoms with van der Waals surface area (Å²) in [6.07, 6.45) is 0. The maximum absolute atomic E-state index is 5.36. The van der Waals surface area contributed by atoms with Crippen LogP contribution in [-0.2, 0) is 10.8 Å². The van der Waals surface area contributed by atoms with Gasteiger partial charge in [0.05, 0.1) is 16.8 Å². The zero-order valence-corrected chi connectivity index (χ0v) is 34.7. The van der Waals surface area contributed by atoms with Crippen molar-refractivity contribution in [1.29, 1.82) is 0 Å². The normalized spacial score (nSPS) is 13.9. The van der Waals surface area contributed by atoms with E-state index in [1.54, 1.807) is 0 Å². The highest BCUT2D eigenvalue weighted by Crippen LogP contribution is 2.57. The van der Waals surface area contributed by atoms with Gasteiger partial charge in [0.1, 0.15) is 0 Å². The van der Waals surface area contributed by atoms with Crippen molar-refractivity contribution in [2.24, 2.45) is 0 Å². The Kier molecular flexibility index (Phi) is 8.14. The Bertz CT molecular complexity index is 3330. The van der Waals surface area contributed by atoms with Gasteiger partial charge in [-0.25, -0.2) is 9.97 Å². The van der Waals surface area contributed by atoms with Gasteiger partial charge in [-0.1, -0.05) is 220 Å². The number of rotatable bonds is 6. The predicted octanol–water partition coefficient (Wildman–Crippen LogP) is 15.0. The molecular weight excluding hydrogens is 749 g/mol. The minimum atomic E-state index is -0.434. The Hall–Kier alpha value is -7.68. The van der Waals surface area contributed by atoms with Crippen molar-refractivity contribution in [1.82, 2.24) is 9.97 Å². The van der Waals surface area contributed by atoms with Crippen LogP contribution in [0.1, 0.15) is 47.2 Å². The first-order chi connectivity index (χ1) is 30.5. The first-order valence-corrected chi connectivity index (χ1v) is 21.6. The summed E-state index contributed by atoms with van der Waals surface area (Å²) in [5.74, 6) is 0.717. The summed E-state index contributed by atoms with van der Waals surface area (Å²) in [5, 5.41) is 2.34. The van der Waals surface area contributed by atoms with Crippen molar-refractivity contribution in [2.45, 2.75) is 24.7 Å². The number of nitrogens with zero attached hydrogens (tertiary/aromatic N) is 2. The van der Waals surface area contributed by atoms with Crippen LogP contribution >= 0.6 is 0 Å². The lowest BCUT2D eigenvalue weighted by Gasteiger charge is -2.33. The van der Waals surface area contributed by atoms with E-state index in [-0.39, 0.29) is 5.41 Å². The fourth-order valence-corrected chi connectivity index (χ4v) is 10.9. The predicted molar refractivity (Wildman–Crippen MR) is 256 cm³/mol. The molecule has 0 saturated heterocycles. The Morgan fingerprint density at radius 3 is 1.52 bits per heavy atom. The van der Waals surface area contributed by atoms with Crippen LogP contribution in [0.2, 0.25) is 0 Å². The minimum Gasteiger partial charge on any atom is -0.228 e. The third kappa shape index (κ3) is 5.29. The molecule has 0 amide bonds. The van der Waals surface area contributed by atoms with Crippen LogP contribution in [0, 0.1) is 0 Å². The molecule has 62 heavy (non-hydrogen) atoms.